The quantitative estimate of drug-likeness (QED) is 0.488. The van der Waals surface area contributed by atoms with E-state index in [-0.39, 0.29) is 6.17 Å². The Morgan fingerprint density at radius 2 is 1.03 bits per heavy atom. The first-order chi connectivity index (χ1) is 16.0. The second kappa shape index (κ2) is 10.0. The zero-order chi connectivity index (χ0) is 23.2. The number of rotatable bonds is 7. The second-order valence-electron chi connectivity index (χ2n) is 8.30. The maximum absolute atomic E-state index is 4.75. The van der Waals surface area contributed by atoms with Crippen LogP contribution in [0.4, 0.5) is 11.4 Å². The van der Waals surface area contributed by atoms with Gasteiger partial charge in [0.25, 0.3) is 0 Å². The molecule has 0 atom stereocenters. The Morgan fingerprint density at radius 1 is 0.606 bits per heavy atom. The van der Waals surface area contributed by atoms with E-state index in [4.69, 9.17) is 10.2 Å². The van der Waals surface area contributed by atoms with Gasteiger partial charge in [-0.2, -0.15) is 10.2 Å². The zero-order valence-electron chi connectivity index (χ0n) is 19.6. The van der Waals surface area contributed by atoms with Gasteiger partial charge in [-0.05, 0) is 41.0 Å². The van der Waals surface area contributed by atoms with Crippen LogP contribution >= 0.6 is 0 Å². The molecule has 0 bridgehead atoms. The van der Waals surface area contributed by atoms with E-state index in [0.717, 1.165) is 28.1 Å². The molecule has 0 amide bonds. The first-order valence-corrected chi connectivity index (χ1v) is 10.9. The van der Waals surface area contributed by atoms with E-state index in [9.17, 15) is 0 Å². The summed E-state index contributed by atoms with van der Waals surface area (Å²) in [6.07, 6.45) is 7.52. The molecule has 0 N–H and O–H groups in total. The molecule has 3 aromatic rings. The van der Waals surface area contributed by atoms with Crippen molar-refractivity contribution >= 4 is 23.8 Å². The average Bonchev–Trinajstić information content (AvgIpc) is 3.25. The van der Waals surface area contributed by atoms with E-state index in [1.807, 2.05) is 81.2 Å². The van der Waals surface area contributed by atoms with Gasteiger partial charge in [0.15, 0.2) is 6.17 Å². The van der Waals surface area contributed by atoms with Crippen LogP contribution in [0.2, 0.25) is 0 Å². The lowest BCUT2D eigenvalue weighted by Crippen LogP contribution is -2.24. The predicted molar refractivity (Wildman–Crippen MR) is 139 cm³/mol. The summed E-state index contributed by atoms with van der Waals surface area (Å²) in [5, 5.41) is 13.4. The largest absolute Gasteiger partial charge is 0.378 e. The van der Waals surface area contributed by atoms with Gasteiger partial charge in [0.2, 0.25) is 0 Å². The molecule has 0 spiro atoms. The Morgan fingerprint density at radius 3 is 1.42 bits per heavy atom. The molecule has 0 unspecified atom stereocenters. The molecule has 1 aliphatic heterocycles. The van der Waals surface area contributed by atoms with Crippen molar-refractivity contribution in [3.05, 3.63) is 108 Å². The minimum atomic E-state index is -0.152. The number of hydrogen-bond acceptors (Lipinski definition) is 6. The summed E-state index contributed by atoms with van der Waals surface area (Å²) in [6, 6.07) is 26.9. The highest BCUT2D eigenvalue weighted by atomic mass is 15.6. The summed E-state index contributed by atoms with van der Waals surface area (Å²) in [5.41, 5.74) is 5.53. The number of benzene rings is 3. The summed E-state index contributed by atoms with van der Waals surface area (Å²) in [5.74, 6) is 0. The molecule has 0 radical (unpaired) electrons. The van der Waals surface area contributed by atoms with Gasteiger partial charge in [0.1, 0.15) is 0 Å². The number of nitrogens with zero attached hydrogens (tertiary/aromatic N) is 6. The van der Waals surface area contributed by atoms with E-state index in [1.54, 1.807) is 0 Å². The minimum absolute atomic E-state index is 0.152. The zero-order valence-corrected chi connectivity index (χ0v) is 19.6. The van der Waals surface area contributed by atoms with Gasteiger partial charge in [0.05, 0.1) is 12.4 Å². The molecule has 0 saturated heterocycles. The van der Waals surface area contributed by atoms with E-state index in [1.165, 1.54) is 0 Å². The normalized spacial score (nSPS) is 15.7. The number of anilines is 2. The van der Waals surface area contributed by atoms with Gasteiger partial charge >= 0.3 is 0 Å². The number of hydrogen-bond donors (Lipinski definition) is 0. The molecule has 6 nitrogen and oxygen atoms in total. The topological polar surface area (TPSA) is 37.7 Å². The monoisotopic (exact) mass is 438 g/mol. The Balaban J connectivity index is 1.54. The van der Waals surface area contributed by atoms with Gasteiger partial charge < -0.3 is 9.80 Å². The third-order valence-corrected chi connectivity index (χ3v) is 5.47. The van der Waals surface area contributed by atoms with Crippen molar-refractivity contribution in [3.8, 4) is 0 Å². The summed E-state index contributed by atoms with van der Waals surface area (Å²) >= 11 is 0. The Labute approximate surface area is 196 Å². The molecule has 0 aromatic heterocycles. The van der Waals surface area contributed by atoms with Crippen LogP contribution in [-0.4, -0.2) is 50.6 Å². The molecule has 4 rings (SSSR count). The Bertz CT molecular complexity index is 1040. The molecule has 0 saturated carbocycles. The smallest absolute Gasteiger partial charge is 0.168 e. The lowest BCUT2D eigenvalue weighted by Gasteiger charge is -2.26. The SMILES string of the molecule is CN(C)c1ccc(C=NN2C=CN(N=Cc3ccc(N(C)C)cc3)C2c2ccccc2)cc1. The third kappa shape index (κ3) is 5.41. The molecule has 1 aliphatic rings. The molecular weight excluding hydrogens is 408 g/mol. The summed E-state index contributed by atoms with van der Waals surface area (Å²) < 4.78 is 0. The van der Waals surface area contributed by atoms with Gasteiger partial charge in [0, 0.05) is 52.0 Å². The van der Waals surface area contributed by atoms with Crippen LogP contribution in [0.5, 0.6) is 0 Å². The Kier molecular flexibility index (Phi) is 6.74. The molecule has 0 fully saturated rings. The maximum Gasteiger partial charge on any atom is 0.168 e. The third-order valence-electron chi connectivity index (χ3n) is 5.47. The van der Waals surface area contributed by atoms with Crippen molar-refractivity contribution in [2.24, 2.45) is 10.2 Å². The maximum atomic E-state index is 4.75. The van der Waals surface area contributed by atoms with Crippen LogP contribution in [0.15, 0.2) is 101 Å². The first kappa shape index (κ1) is 22.1. The standard InChI is InChI=1S/C27H30N6/c1-30(2)25-14-10-22(11-15-25)20-28-32-18-19-33(27(32)24-8-6-5-7-9-24)29-21-23-12-16-26(17-13-23)31(3)4/h5-21,27H,1-4H3. The summed E-state index contributed by atoms with van der Waals surface area (Å²) in [7, 11) is 8.14. The van der Waals surface area contributed by atoms with E-state index >= 15 is 0 Å². The highest BCUT2D eigenvalue weighted by Crippen LogP contribution is 2.31. The fourth-order valence-corrected chi connectivity index (χ4v) is 3.54. The van der Waals surface area contributed by atoms with Gasteiger partial charge in [-0.25, -0.2) is 10.0 Å². The van der Waals surface area contributed by atoms with Crippen molar-refractivity contribution in [1.82, 2.24) is 10.0 Å². The fraction of sp³-hybridized carbons (Fsp3) is 0.185. The van der Waals surface area contributed by atoms with Crippen LogP contribution < -0.4 is 9.80 Å². The summed E-state index contributed by atoms with van der Waals surface area (Å²) in [6.45, 7) is 0. The molecule has 168 valence electrons. The van der Waals surface area contributed by atoms with Gasteiger partial charge in [-0.1, -0.05) is 54.6 Å². The lowest BCUT2D eigenvalue weighted by molar-refractivity contribution is 0.164. The molecular formula is C27H30N6. The van der Waals surface area contributed by atoms with Crippen molar-refractivity contribution in [2.75, 3.05) is 38.0 Å². The lowest BCUT2D eigenvalue weighted by atomic mass is 10.2. The molecule has 0 aliphatic carbocycles. The summed E-state index contributed by atoms with van der Waals surface area (Å²) in [4.78, 5) is 4.17. The van der Waals surface area contributed by atoms with Crippen molar-refractivity contribution in [1.29, 1.82) is 0 Å². The molecule has 33 heavy (non-hydrogen) atoms. The van der Waals surface area contributed by atoms with E-state index < -0.39 is 0 Å². The number of hydrazone groups is 2. The van der Waals surface area contributed by atoms with Crippen LogP contribution in [0.1, 0.15) is 22.9 Å². The highest BCUT2D eigenvalue weighted by Gasteiger charge is 2.27. The van der Waals surface area contributed by atoms with Crippen LogP contribution in [0.25, 0.3) is 0 Å². The second-order valence-corrected chi connectivity index (χ2v) is 8.30. The highest BCUT2D eigenvalue weighted by molar-refractivity contribution is 5.81. The van der Waals surface area contributed by atoms with E-state index in [2.05, 4.69) is 70.5 Å². The Hall–Kier alpha value is -4.06. The fourth-order valence-electron chi connectivity index (χ4n) is 3.54. The van der Waals surface area contributed by atoms with E-state index in [0.29, 0.717) is 0 Å². The van der Waals surface area contributed by atoms with Crippen LogP contribution in [-0.2, 0) is 0 Å². The van der Waals surface area contributed by atoms with Crippen molar-refractivity contribution in [3.63, 3.8) is 0 Å². The van der Waals surface area contributed by atoms with Crippen LogP contribution in [0, 0.1) is 0 Å². The first-order valence-electron chi connectivity index (χ1n) is 10.9. The van der Waals surface area contributed by atoms with Crippen LogP contribution in [0.3, 0.4) is 0 Å². The van der Waals surface area contributed by atoms with Gasteiger partial charge in [-0.3, -0.25) is 0 Å². The molecule has 1 heterocycles. The molecule has 6 heteroatoms. The minimum Gasteiger partial charge on any atom is -0.378 e. The molecule has 3 aromatic carbocycles. The average molecular weight is 439 g/mol. The van der Waals surface area contributed by atoms with Crippen molar-refractivity contribution in [2.45, 2.75) is 6.17 Å². The van der Waals surface area contributed by atoms with Gasteiger partial charge in [-0.15, -0.1) is 0 Å². The van der Waals surface area contributed by atoms with Crippen molar-refractivity contribution < 1.29 is 0 Å². The predicted octanol–water partition coefficient (Wildman–Crippen LogP) is 4.97.